The summed E-state index contributed by atoms with van der Waals surface area (Å²) in [5, 5.41) is 0.846. The molecule has 0 aliphatic carbocycles. The van der Waals surface area contributed by atoms with Gasteiger partial charge in [-0.2, -0.15) is 0 Å². The van der Waals surface area contributed by atoms with Gasteiger partial charge in [-0.15, -0.1) is 0 Å². The van der Waals surface area contributed by atoms with E-state index in [4.69, 9.17) is 0 Å². The first kappa shape index (κ1) is 11.6. The Morgan fingerprint density at radius 1 is 1.50 bits per heavy atom. The van der Waals surface area contributed by atoms with Gasteiger partial charge in [0.2, 0.25) is 5.91 Å². The lowest BCUT2D eigenvalue weighted by atomic mass is 10.2. The molecule has 0 radical (unpaired) electrons. The molecule has 1 fully saturated rings. The minimum atomic E-state index is -0.249. The van der Waals surface area contributed by atoms with E-state index >= 15 is 0 Å². The third-order valence-corrected chi connectivity index (χ3v) is 3.69. The van der Waals surface area contributed by atoms with Crippen LogP contribution < -0.4 is 0 Å². The summed E-state index contributed by atoms with van der Waals surface area (Å²) >= 11 is 3.39. The summed E-state index contributed by atoms with van der Waals surface area (Å²) in [7, 11) is 0. The lowest BCUT2D eigenvalue weighted by Crippen LogP contribution is -2.24. The van der Waals surface area contributed by atoms with Crippen LogP contribution in [-0.4, -0.2) is 22.7 Å². The van der Waals surface area contributed by atoms with Crippen LogP contribution in [0.15, 0.2) is 24.3 Å². The highest BCUT2D eigenvalue weighted by molar-refractivity contribution is 9.09. The number of hydrogen-bond acceptors (Lipinski definition) is 1. The largest absolute Gasteiger partial charge is 0.338 e. The average Bonchev–Trinajstić information content (AvgIpc) is 2.60. The summed E-state index contributed by atoms with van der Waals surface area (Å²) in [6.07, 6.45) is 0.598. The molecule has 1 aliphatic heterocycles. The van der Waals surface area contributed by atoms with Crippen molar-refractivity contribution in [2.45, 2.75) is 13.0 Å². The van der Waals surface area contributed by atoms with E-state index in [-0.39, 0.29) is 11.7 Å². The number of rotatable bonds is 3. The number of benzene rings is 1. The summed E-state index contributed by atoms with van der Waals surface area (Å²) in [4.78, 5) is 13.4. The standard InChI is InChI=1S/C12H13BrFNO/c13-6-10-5-12(16)15(8-10)7-9-2-1-3-11(14)4-9/h1-4,10H,5-8H2. The molecule has 86 valence electrons. The van der Waals surface area contributed by atoms with Crippen LogP contribution in [0.2, 0.25) is 0 Å². The van der Waals surface area contributed by atoms with Crippen molar-refractivity contribution in [3.8, 4) is 0 Å². The van der Waals surface area contributed by atoms with Gasteiger partial charge in [0.1, 0.15) is 5.82 Å². The third-order valence-electron chi connectivity index (χ3n) is 2.78. The fraction of sp³-hybridized carbons (Fsp3) is 0.417. The molecule has 1 aromatic rings. The zero-order valence-corrected chi connectivity index (χ0v) is 10.4. The second-order valence-corrected chi connectivity index (χ2v) is 4.78. The minimum absolute atomic E-state index is 0.161. The number of carbonyl (C=O) groups excluding carboxylic acids is 1. The molecule has 0 aromatic heterocycles. The zero-order valence-electron chi connectivity index (χ0n) is 8.83. The summed E-state index contributed by atoms with van der Waals surface area (Å²) in [6.45, 7) is 1.28. The van der Waals surface area contributed by atoms with E-state index < -0.39 is 0 Å². The minimum Gasteiger partial charge on any atom is -0.338 e. The maximum atomic E-state index is 13.0. The number of nitrogens with zero attached hydrogens (tertiary/aromatic N) is 1. The highest BCUT2D eigenvalue weighted by Gasteiger charge is 2.28. The van der Waals surface area contributed by atoms with Crippen molar-refractivity contribution < 1.29 is 9.18 Å². The molecular weight excluding hydrogens is 273 g/mol. The molecule has 1 amide bonds. The Morgan fingerprint density at radius 3 is 2.94 bits per heavy atom. The predicted molar refractivity (Wildman–Crippen MR) is 63.7 cm³/mol. The monoisotopic (exact) mass is 285 g/mol. The smallest absolute Gasteiger partial charge is 0.223 e. The van der Waals surface area contributed by atoms with Crippen molar-refractivity contribution in [1.29, 1.82) is 0 Å². The van der Waals surface area contributed by atoms with Crippen molar-refractivity contribution in [3.63, 3.8) is 0 Å². The first-order valence-corrected chi connectivity index (χ1v) is 6.39. The number of carbonyl (C=O) groups is 1. The normalized spacial score (nSPS) is 20.5. The summed E-state index contributed by atoms with van der Waals surface area (Å²) in [6, 6.07) is 6.41. The second kappa shape index (κ2) is 4.95. The molecule has 16 heavy (non-hydrogen) atoms. The van der Waals surface area contributed by atoms with Crippen LogP contribution in [0.25, 0.3) is 0 Å². The highest BCUT2D eigenvalue weighted by atomic mass is 79.9. The number of likely N-dealkylation sites (tertiary alicyclic amines) is 1. The lowest BCUT2D eigenvalue weighted by Gasteiger charge is -2.16. The number of alkyl halides is 1. The lowest BCUT2D eigenvalue weighted by molar-refractivity contribution is -0.128. The van der Waals surface area contributed by atoms with Gasteiger partial charge < -0.3 is 4.90 Å². The Balaban J connectivity index is 2.03. The number of amides is 1. The molecule has 1 saturated heterocycles. The summed E-state index contributed by atoms with van der Waals surface area (Å²) < 4.78 is 13.0. The maximum Gasteiger partial charge on any atom is 0.223 e. The SMILES string of the molecule is O=C1CC(CBr)CN1Cc1cccc(F)c1. The molecule has 4 heteroatoms. The van der Waals surface area contributed by atoms with Gasteiger partial charge in [-0.05, 0) is 23.6 Å². The first-order valence-electron chi connectivity index (χ1n) is 5.27. The van der Waals surface area contributed by atoms with Gasteiger partial charge in [0.05, 0.1) is 0 Å². The van der Waals surface area contributed by atoms with E-state index in [0.717, 1.165) is 17.4 Å². The maximum absolute atomic E-state index is 13.0. The van der Waals surface area contributed by atoms with Crippen molar-refractivity contribution in [1.82, 2.24) is 4.90 Å². The topological polar surface area (TPSA) is 20.3 Å². The molecule has 1 aliphatic rings. The van der Waals surface area contributed by atoms with Crippen molar-refractivity contribution in [2.24, 2.45) is 5.92 Å². The molecule has 1 atom stereocenters. The van der Waals surface area contributed by atoms with E-state index in [0.29, 0.717) is 18.9 Å². The van der Waals surface area contributed by atoms with Crippen molar-refractivity contribution in [3.05, 3.63) is 35.6 Å². The van der Waals surface area contributed by atoms with Gasteiger partial charge in [0, 0.05) is 24.8 Å². The highest BCUT2D eigenvalue weighted by Crippen LogP contribution is 2.21. The van der Waals surface area contributed by atoms with E-state index in [1.54, 1.807) is 11.0 Å². The van der Waals surface area contributed by atoms with Crippen LogP contribution in [0, 0.1) is 11.7 Å². The van der Waals surface area contributed by atoms with E-state index in [1.165, 1.54) is 12.1 Å². The molecule has 2 rings (SSSR count). The second-order valence-electron chi connectivity index (χ2n) is 4.13. The van der Waals surface area contributed by atoms with Gasteiger partial charge >= 0.3 is 0 Å². The Kier molecular flexibility index (Phi) is 3.59. The van der Waals surface area contributed by atoms with Gasteiger partial charge in [0.25, 0.3) is 0 Å². The molecule has 1 aromatic carbocycles. The molecule has 0 spiro atoms. The molecule has 2 nitrogen and oxygen atoms in total. The first-order chi connectivity index (χ1) is 7.69. The Bertz CT molecular complexity index is 396. The van der Waals surface area contributed by atoms with Gasteiger partial charge in [-0.3, -0.25) is 4.79 Å². The van der Waals surface area contributed by atoms with Crippen LogP contribution in [0.5, 0.6) is 0 Å². The Morgan fingerprint density at radius 2 is 2.31 bits per heavy atom. The number of hydrogen-bond donors (Lipinski definition) is 0. The summed E-state index contributed by atoms with van der Waals surface area (Å²) in [5.74, 6) is 0.302. The predicted octanol–water partition coefficient (Wildman–Crippen LogP) is 2.57. The Labute approximate surface area is 103 Å². The van der Waals surface area contributed by atoms with Crippen LogP contribution >= 0.6 is 15.9 Å². The van der Waals surface area contributed by atoms with Gasteiger partial charge in [-0.25, -0.2) is 4.39 Å². The molecular formula is C12H13BrFNO. The Hall–Kier alpha value is -0.900. The van der Waals surface area contributed by atoms with Gasteiger partial charge in [0.15, 0.2) is 0 Å². The van der Waals surface area contributed by atoms with Crippen molar-refractivity contribution in [2.75, 3.05) is 11.9 Å². The van der Waals surface area contributed by atoms with E-state index in [1.807, 2.05) is 6.07 Å². The van der Waals surface area contributed by atoms with Gasteiger partial charge in [-0.1, -0.05) is 28.1 Å². The summed E-state index contributed by atoms with van der Waals surface area (Å²) in [5.41, 5.74) is 0.851. The van der Waals surface area contributed by atoms with Crippen LogP contribution in [0.3, 0.4) is 0 Å². The number of halogens is 2. The van der Waals surface area contributed by atoms with Crippen molar-refractivity contribution >= 4 is 21.8 Å². The average molecular weight is 286 g/mol. The third kappa shape index (κ3) is 2.61. The van der Waals surface area contributed by atoms with Crippen LogP contribution in [-0.2, 0) is 11.3 Å². The van der Waals surface area contributed by atoms with E-state index in [2.05, 4.69) is 15.9 Å². The molecule has 0 bridgehead atoms. The van der Waals surface area contributed by atoms with Crippen LogP contribution in [0.1, 0.15) is 12.0 Å². The fourth-order valence-electron chi connectivity index (χ4n) is 1.97. The molecule has 1 unspecified atom stereocenters. The molecule has 0 N–H and O–H groups in total. The zero-order chi connectivity index (χ0) is 11.5. The molecule has 0 saturated carbocycles. The van der Waals surface area contributed by atoms with E-state index in [9.17, 15) is 9.18 Å². The quantitative estimate of drug-likeness (QED) is 0.782. The fourth-order valence-corrected chi connectivity index (χ4v) is 2.40. The molecule has 1 heterocycles. The van der Waals surface area contributed by atoms with Crippen LogP contribution in [0.4, 0.5) is 4.39 Å².